The Labute approximate surface area is 172 Å². The Kier molecular flexibility index (Phi) is 4.00. The molecule has 1 aliphatic rings. The lowest BCUT2D eigenvalue weighted by Crippen LogP contribution is -2.28. The van der Waals surface area contributed by atoms with Gasteiger partial charge in [0.05, 0.1) is 11.0 Å². The van der Waals surface area contributed by atoms with Crippen molar-refractivity contribution in [3.63, 3.8) is 0 Å². The average Bonchev–Trinajstić information content (AvgIpc) is 3.04. The third-order valence-electron chi connectivity index (χ3n) is 5.90. The first-order valence-electron chi connectivity index (χ1n) is 9.66. The molecule has 5 rings (SSSR count). The fourth-order valence-corrected chi connectivity index (χ4v) is 4.79. The quantitative estimate of drug-likeness (QED) is 0.329. The topological polar surface area (TPSA) is 26.0 Å². The third kappa shape index (κ3) is 2.50. The van der Waals surface area contributed by atoms with Crippen LogP contribution in [0, 0.1) is 0 Å². The Hall–Kier alpha value is -3.53. The fraction of sp³-hybridized carbons (Fsp3) is 0.0769. The van der Waals surface area contributed by atoms with Gasteiger partial charge in [-0.2, -0.15) is 13.2 Å². The van der Waals surface area contributed by atoms with E-state index >= 15 is 0 Å². The van der Waals surface area contributed by atoms with Crippen molar-refractivity contribution in [2.24, 2.45) is 0 Å². The number of alkyl halides is 3. The van der Waals surface area contributed by atoms with E-state index in [0.29, 0.717) is 16.8 Å². The smallest absolute Gasteiger partial charge is 0.399 e. The van der Waals surface area contributed by atoms with Gasteiger partial charge >= 0.3 is 6.18 Å². The number of hydrogen-bond donors (Lipinski definition) is 1. The Morgan fingerprint density at radius 2 is 1.23 bits per heavy atom. The molecule has 0 aliphatic heterocycles. The molecule has 0 amide bonds. The predicted molar refractivity (Wildman–Crippen MR) is 113 cm³/mol. The second kappa shape index (κ2) is 6.49. The van der Waals surface area contributed by atoms with Crippen LogP contribution in [0.1, 0.15) is 27.8 Å². The fourth-order valence-electron chi connectivity index (χ4n) is 4.79. The zero-order valence-corrected chi connectivity index (χ0v) is 15.9. The van der Waals surface area contributed by atoms with Crippen LogP contribution in [-0.2, 0) is 11.6 Å². The van der Waals surface area contributed by atoms with Crippen molar-refractivity contribution in [2.75, 3.05) is 5.73 Å². The summed E-state index contributed by atoms with van der Waals surface area (Å²) in [6.45, 7) is 0. The number of fused-ring (bicyclic) bond motifs is 3. The van der Waals surface area contributed by atoms with Crippen LogP contribution in [0.4, 0.5) is 18.9 Å². The molecule has 0 saturated heterocycles. The summed E-state index contributed by atoms with van der Waals surface area (Å²) >= 11 is 0. The van der Waals surface area contributed by atoms with Crippen LogP contribution >= 0.6 is 0 Å². The summed E-state index contributed by atoms with van der Waals surface area (Å²) in [7, 11) is 0. The maximum Gasteiger partial charge on any atom is 0.417 e. The Bertz CT molecular complexity index is 1190. The van der Waals surface area contributed by atoms with Crippen molar-refractivity contribution in [3.8, 4) is 11.1 Å². The molecule has 1 nitrogen and oxygen atoms in total. The third-order valence-corrected chi connectivity index (χ3v) is 5.90. The van der Waals surface area contributed by atoms with Crippen molar-refractivity contribution >= 4 is 5.69 Å². The minimum Gasteiger partial charge on any atom is -0.399 e. The van der Waals surface area contributed by atoms with Crippen molar-refractivity contribution in [2.45, 2.75) is 11.6 Å². The molecule has 0 unspecified atom stereocenters. The SMILES string of the molecule is Nc1ccc2c(c1)C(c1ccccc1)(c1ccccc1)c1cccc(C(F)(F)F)c1-2. The first kappa shape index (κ1) is 18.5. The van der Waals surface area contributed by atoms with E-state index in [1.165, 1.54) is 6.07 Å². The van der Waals surface area contributed by atoms with Gasteiger partial charge in [0.2, 0.25) is 0 Å². The highest BCUT2D eigenvalue weighted by molar-refractivity contribution is 5.89. The molecule has 2 N–H and O–H groups in total. The molecule has 0 fully saturated rings. The second-order valence-corrected chi connectivity index (χ2v) is 7.51. The van der Waals surface area contributed by atoms with Gasteiger partial charge in [0.25, 0.3) is 0 Å². The lowest BCUT2D eigenvalue weighted by Gasteiger charge is -2.34. The number of anilines is 1. The van der Waals surface area contributed by atoms with Crippen molar-refractivity contribution in [1.82, 2.24) is 0 Å². The maximum atomic E-state index is 14.0. The van der Waals surface area contributed by atoms with Crippen molar-refractivity contribution in [1.29, 1.82) is 0 Å². The molecule has 4 heteroatoms. The second-order valence-electron chi connectivity index (χ2n) is 7.51. The van der Waals surface area contributed by atoms with Gasteiger partial charge in [0, 0.05) is 5.69 Å². The molecule has 30 heavy (non-hydrogen) atoms. The monoisotopic (exact) mass is 401 g/mol. The highest BCUT2D eigenvalue weighted by atomic mass is 19.4. The maximum absolute atomic E-state index is 14.0. The van der Waals surface area contributed by atoms with Gasteiger partial charge in [-0.1, -0.05) is 78.9 Å². The van der Waals surface area contributed by atoms with E-state index in [1.807, 2.05) is 66.7 Å². The normalized spacial score (nSPS) is 14.2. The summed E-state index contributed by atoms with van der Waals surface area (Å²) < 4.78 is 42.1. The summed E-state index contributed by atoms with van der Waals surface area (Å²) in [5.41, 5.74) is 9.15. The molecule has 148 valence electrons. The van der Waals surface area contributed by atoms with Crippen LogP contribution in [0.15, 0.2) is 97.1 Å². The van der Waals surface area contributed by atoms with Crippen molar-refractivity contribution < 1.29 is 13.2 Å². The van der Waals surface area contributed by atoms with E-state index in [-0.39, 0.29) is 5.56 Å². The van der Waals surface area contributed by atoms with E-state index in [0.717, 1.165) is 22.8 Å². The predicted octanol–water partition coefficient (Wildman–Crippen LogP) is 6.65. The number of rotatable bonds is 2. The largest absolute Gasteiger partial charge is 0.417 e. The minimum absolute atomic E-state index is 0.229. The zero-order valence-electron chi connectivity index (χ0n) is 15.9. The summed E-state index contributed by atoms with van der Waals surface area (Å²) in [6.07, 6.45) is -4.46. The van der Waals surface area contributed by atoms with Crippen LogP contribution in [0.3, 0.4) is 0 Å². The molecule has 0 bridgehead atoms. The van der Waals surface area contributed by atoms with Crippen LogP contribution < -0.4 is 5.73 Å². The zero-order chi connectivity index (χ0) is 20.9. The van der Waals surface area contributed by atoms with Crippen LogP contribution in [0.5, 0.6) is 0 Å². The van der Waals surface area contributed by atoms with Gasteiger partial charge < -0.3 is 5.73 Å². The number of benzene rings is 4. The molecule has 0 aromatic heterocycles. The molecule has 4 aromatic rings. The molecular formula is C26H18F3N. The highest BCUT2D eigenvalue weighted by Crippen LogP contribution is 2.58. The molecular weight excluding hydrogens is 383 g/mol. The molecule has 4 aromatic carbocycles. The standard InChI is InChI=1S/C26H18F3N/c27-26(28,29)22-13-7-12-21-24(22)20-15-14-19(30)16-23(20)25(21,17-8-3-1-4-9-17)18-10-5-2-6-11-18/h1-16H,30H2. The number of halogens is 3. The first-order chi connectivity index (χ1) is 14.4. The lowest BCUT2D eigenvalue weighted by molar-refractivity contribution is -0.137. The van der Waals surface area contributed by atoms with E-state index in [2.05, 4.69) is 0 Å². The number of nitrogen functional groups attached to an aromatic ring is 1. The Balaban J connectivity index is 2.01. The highest BCUT2D eigenvalue weighted by Gasteiger charge is 2.49. The van der Waals surface area contributed by atoms with E-state index in [1.54, 1.807) is 18.2 Å². The van der Waals surface area contributed by atoms with Gasteiger partial charge in [-0.25, -0.2) is 0 Å². The first-order valence-corrected chi connectivity index (χ1v) is 9.66. The van der Waals surface area contributed by atoms with E-state index < -0.39 is 17.2 Å². The summed E-state index contributed by atoms with van der Waals surface area (Å²) in [5.74, 6) is 0. The molecule has 0 heterocycles. The van der Waals surface area contributed by atoms with Crippen LogP contribution in [0.25, 0.3) is 11.1 Å². The van der Waals surface area contributed by atoms with Gasteiger partial charge in [-0.05, 0) is 51.6 Å². The number of hydrogen-bond acceptors (Lipinski definition) is 1. The van der Waals surface area contributed by atoms with Crippen LogP contribution in [-0.4, -0.2) is 0 Å². The summed E-state index contributed by atoms with van der Waals surface area (Å²) in [5, 5.41) is 0. The van der Waals surface area contributed by atoms with Gasteiger partial charge in [0.1, 0.15) is 0 Å². The van der Waals surface area contributed by atoms with E-state index in [4.69, 9.17) is 5.73 Å². The summed E-state index contributed by atoms with van der Waals surface area (Å²) in [4.78, 5) is 0. The van der Waals surface area contributed by atoms with Gasteiger partial charge in [-0.15, -0.1) is 0 Å². The van der Waals surface area contributed by atoms with Crippen molar-refractivity contribution in [3.05, 3.63) is 125 Å². The van der Waals surface area contributed by atoms with Crippen LogP contribution in [0.2, 0.25) is 0 Å². The number of nitrogens with two attached hydrogens (primary N) is 1. The average molecular weight is 401 g/mol. The summed E-state index contributed by atoms with van der Waals surface area (Å²) in [6, 6.07) is 29.0. The lowest BCUT2D eigenvalue weighted by atomic mass is 9.67. The minimum atomic E-state index is -4.46. The van der Waals surface area contributed by atoms with Gasteiger partial charge in [0.15, 0.2) is 0 Å². The molecule has 0 spiro atoms. The molecule has 0 radical (unpaired) electrons. The molecule has 1 aliphatic carbocycles. The van der Waals surface area contributed by atoms with Gasteiger partial charge in [-0.3, -0.25) is 0 Å². The Morgan fingerprint density at radius 1 is 0.633 bits per heavy atom. The molecule has 0 atom stereocenters. The molecule has 0 saturated carbocycles. The van der Waals surface area contributed by atoms with E-state index in [9.17, 15) is 13.2 Å². The Morgan fingerprint density at radius 3 is 1.80 bits per heavy atom.